The van der Waals surface area contributed by atoms with Gasteiger partial charge in [-0.3, -0.25) is 4.79 Å². The fraction of sp³-hybridized carbons (Fsp3) is 0.200. The molecule has 0 fully saturated rings. The first-order chi connectivity index (χ1) is 9.97. The van der Waals surface area contributed by atoms with Crippen molar-refractivity contribution < 1.29 is 14.7 Å². The van der Waals surface area contributed by atoms with Gasteiger partial charge < -0.3 is 15.0 Å². The number of carboxylic acids is 1. The third kappa shape index (κ3) is 3.95. The summed E-state index contributed by atoms with van der Waals surface area (Å²) < 4.78 is 2.59. The van der Waals surface area contributed by atoms with Crippen molar-refractivity contribution in [1.29, 1.82) is 0 Å². The lowest BCUT2D eigenvalue weighted by Gasteiger charge is -2.06. The Balaban J connectivity index is 1.92. The zero-order valence-electron chi connectivity index (χ0n) is 11.5. The molecule has 1 aromatic carbocycles. The van der Waals surface area contributed by atoms with E-state index in [0.717, 1.165) is 10.0 Å². The number of carbonyl (C=O) groups is 2. The molecule has 6 heteroatoms. The van der Waals surface area contributed by atoms with E-state index in [1.165, 1.54) is 0 Å². The van der Waals surface area contributed by atoms with E-state index >= 15 is 0 Å². The maximum Gasteiger partial charge on any atom is 0.335 e. The Morgan fingerprint density at radius 1 is 1.33 bits per heavy atom. The van der Waals surface area contributed by atoms with E-state index in [9.17, 15) is 9.59 Å². The molecule has 0 spiro atoms. The number of aromatic carboxylic acids is 1. The molecule has 1 heterocycles. The maximum absolute atomic E-state index is 12.0. The SMILES string of the molecule is Cn1cc(Br)cc1C(=O)NCCc1cccc(C(=O)O)c1. The third-order valence-corrected chi connectivity index (χ3v) is 3.51. The van der Waals surface area contributed by atoms with Crippen molar-refractivity contribution in [2.75, 3.05) is 6.54 Å². The lowest BCUT2D eigenvalue weighted by atomic mass is 10.1. The van der Waals surface area contributed by atoms with Crippen LogP contribution in [0.25, 0.3) is 0 Å². The summed E-state index contributed by atoms with van der Waals surface area (Å²) >= 11 is 3.32. The molecule has 1 amide bonds. The monoisotopic (exact) mass is 350 g/mol. The van der Waals surface area contributed by atoms with Gasteiger partial charge >= 0.3 is 5.97 Å². The van der Waals surface area contributed by atoms with Gasteiger partial charge in [0.25, 0.3) is 5.91 Å². The van der Waals surface area contributed by atoms with Gasteiger partial charge in [-0.2, -0.15) is 0 Å². The van der Waals surface area contributed by atoms with Gasteiger partial charge in [-0.25, -0.2) is 4.79 Å². The smallest absolute Gasteiger partial charge is 0.335 e. The van der Waals surface area contributed by atoms with Crippen molar-refractivity contribution in [3.05, 3.63) is 57.8 Å². The van der Waals surface area contributed by atoms with E-state index in [0.29, 0.717) is 18.7 Å². The molecule has 0 unspecified atom stereocenters. The van der Waals surface area contributed by atoms with Gasteiger partial charge in [0.2, 0.25) is 0 Å². The summed E-state index contributed by atoms with van der Waals surface area (Å²) in [4.78, 5) is 22.9. The van der Waals surface area contributed by atoms with Crippen molar-refractivity contribution in [2.45, 2.75) is 6.42 Å². The average molecular weight is 351 g/mol. The number of halogens is 1. The van der Waals surface area contributed by atoms with Gasteiger partial charge in [-0.05, 0) is 46.1 Å². The maximum atomic E-state index is 12.0. The van der Waals surface area contributed by atoms with E-state index in [-0.39, 0.29) is 11.5 Å². The normalized spacial score (nSPS) is 10.4. The number of hydrogen-bond donors (Lipinski definition) is 2. The number of aryl methyl sites for hydroxylation is 1. The number of nitrogens with one attached hydrogen (secondary N) is 1. The van der Waals surface area contributed by atoms with Crippen LogP contribution in [-0.2, 0) is 13.5 Å². The first-order valence-electron chi connectivity index (χ1n) is 6.39. The molecule has 2 rings (SSSR count). The minimum absolute atomic E-state index is 0.155. The van der Waals surface area contributed by atoms with Gasteiger partial charge in [0, 0.05) is 24.3 Å². The molecular weight excluding hydrogens is 336 g/mol. The van der Waals surface area contributed by atoms with Crippen LogP contribution >= 0.6 is 15.9 Å². The van der Waals surface area contributed by atoms with Crippen LogP contribution in [0.5, 0.6) is 0 Å². The van der Waals surface area contributed by atoms with Gasteiger partial charge in [0.1, 0.15) is 5.69 Å². The number of rotatable bonds is 5. The highest BCUT2D eigenvalue weighted by Gasteiger charge is 2.10. The summed E-state index contributed by atoms with van der Waals surface area (Å²) in [6.07, 6.45) is 2.39. The lowest BCUT2D eigenvalue weighted by Crippen LogP contribution is -2.27. The molecule has 0 aliphatic carbocycles. The predicted molar refractivity (Wildman–Crippen MR) is 82.6 cm³/mol. The summed E-state index contributed by atoms with van der Waals surface area (Å²) in [5.41, 5.74) is 1.70. The predicted octanol–water partition coefficient (Wildman–Crippen LogP) is 2.46. The Labute approximate surface area is 130 Å². The Morgan fingerprint density at radius 2 is 2.10 bits per heavy atom. The van der Waals surface area contributed by atoms with Crippen LogP contribution in [0, 0.1) is 0 Å². The molecule has 0 aliphatic heterocycles. The molecule has 0 saturated heterocycles. The summed E-state index contributed by atoms with van der Waals surface area (Å²) in [5, 5.41) is 11.7. The number of aromatic nitrogens is 1. The molecule has 21 heavy (non-hydrogen) atoms. The second kappa shape index (κ2) is 6.58. The fourth-order valence-corrected chi connectivity index (χ4v) is 2.54. The number of carbonyl (C=O) groups excluding carboxylic acids is 1. The lowest BCUT2D eigenvalue weighted by molar-refractivity contribution is 0.0696. The minimum atomic E-state index is -0.949. The second-order valence-electron chi connectivity index (χ2n) is 4.67. The molecule has 0 bridgehead atoms. The number of benzene rings is 1. The molecule has 5 nitrogen and oxygen atoms in total. The first-order valence-corrected chi connectivity index (χ1v) is 7.19. The summed E-state index contributed by atoms with van der Waals surface area (Å²) in [6, 6.07) is 8.46. The van der Waals surface area contributed by atoms with E-state index in [2.05, 4.69) is 21.2 Å². The number of hydrogen-bond acceptors (Lipinski definition) is 2. The van der Waals surface area contributed by atoms with Crippen molar-refractivity contribution in [3.8, 4) is 0 Å². The highest BCUT2D eigenvalue weighted by molar-refractivity contribution is 9.10. The zero-order valence-corrected chi connectivity index (χ0v) is 13.1. The molecule has 2 N–H and O–H groups in total. The highest BCUT2D eigenvalue weighted by atomic mass is 79.9. The van der Waals surface area contributed by atoms with E-state index in [1.54, 1.807) is 35.9 Å². The molecule has 0 atom stereocenters. The van der Waals surface area contributed by atoms with Crippen LogP contribution in [0.1, 0.15) is 26.4 Å². The zero-order chi connectivity index (χ0) is 15.4. The van der Waals surface area contributed by atoms with Gasteiger partial charge in [0.15, 0.2) is 0 Å². The molecule has 1 aromatic heterocycles. The molecular formula is C15H15BrN2O3. The van der Waals surface area contributed by atoms with E-state index in [1.807, 2.05) is 12.3 Å². The molecule has 0 radical (unpaired) electrons. The Hall–Kier alpha value is -2.08. The largest absolute Gasteiger partial charge is 0.478 e. The van der Waals surface area contributed by atoms with Crippen molar-refractivity contribution in [3.63, 3.8) is 0 Å². The molecule has 0 saturated carbocycles. The minimum Gasteiger partial charge on any atom is -0.478 e. The van der Waals surface area contributed by atoms with Crippen molar-refractivity contribution >= 4 is 27.8 Å². The second-order valence-corrected chi connectivity index (χ2v) is 5.58. The fourth-order valence-electron chi connectivity index (χ4n) is 2.02. The van der Waals surface area contributed by atoms with Gasteiger partial charge in [-0.15, -0.1) is 0 Å². The van der Waals surface area contributed by atoms with Crippen LogP contribution in [0.15, 0.2) is 41.0 Å². The number of nitrogens with zero attached hydrogens (tertiary/aromatic N) is 1. The van der Waals surface area contributed by atoms with Gasteiger partial charge in [-0.1, -0.05) is 12.1 Å². The highest BCUT2D eigenvalue weighted by Crippen LogP contribution is 2.13. The van der Waals surface area contributed by atoms with Crippen molar-refractivity contribution in [2.24, 2.45) is 7.05 Å². The van der Waals surface area contributed by atoms with E-state index in [4.69, 9.17) is 5.11 Å². The Morgan fingerprint density at radius 3 is 2.71 bits per heavy atom. The van der Waals surface area contributed by atoms with Crippen molar-refractivity contribution in [1.82, 2.24) is 9.88 Å². The summed E-state index contributed by atoms with van der Waals surface area (Å²) in [6.45, 7) is 0.449. The topological polar surface area (TPSA) is 71.3 Å². The standard InChI is InChI=1S/C15H15BrN2O3/c1-18-9-12(16)8-13(18)14(19)17-6-5-10-3-2-4-11(7-10)15(20)21/h2-4,7-9H,5-6H2,1H3,(H,17,19)(H,20,21). The summed E-state index contributed by atoms with van der Waals surface area (Å²) in [7, 11) is 1.80. The number of amides is 1. The average Bonchev–Trinajstić information content (AvgIpc) is 2.78. The molecule has 110 valence electrons. The van der Waals surface area contributed by atoms with Crippen LogP contribution in [0.4, 0.5) is 0 Å². The van der Waals surface area contributed by atoms with Crippen LogP contribution in [-0.4, -0.2) is 28.1 Å². The molecule has 2 aromatic rings. The summed E-state index contributed by atoms with van der Waals surface area (Å²) in [5.74, 6) is -1.10. The molecule has 0 aliphatic rings. The van der Waals surface area contributed by atoms with Crippen LogP contribution in [0.2, 0.25) is 0 Å². The number of carboxylic acid groups (broad SMARTS) is 1. The third-order valence-electron chi connectivity index (χ3n) is 3.08. The van der Waals surface area contributed by atoms with Crippen LogP contribution < -0.4 is 5.32 Å². The quantitative estimate of drug-likeness (QED) is 0.869. The van der Waals surface area contributed by atoms with Gasteiger partial charge in [0.05, 0.1) is 5.56 Å². The van der Waals surface area contributed by atoms with Crippen LogP contribution in [0.3, 0.4) is 0 Å². The Bertz CT molecular complexity index is 679. The van der Waals surface area contributed by atoms with E-state index < -0.39 is 5.97 Å². The Kier molecular flexibility index (Phi) is 4.80. The first kappa shape index (κ1) is 15.3.